The van der Waals surface area contributed by atoms with Crippen LogP contribution in [-0.4, -0.2) is 19.5 Å². The fraction of sp³-hybridized carbons (Fsp3) is 0. The lowest BCUT2D eigenvalue weighted by Gasteiger charge is -2.16. The van der Waals surface area contributed by atoms with Crippen molar-refractivity contribution >= 4 is 65.4 Å². The highest BCUT2D eigenvalue weighted by Gasteiger charge is 2.22. The molecule has 4 heterocycles. The summed E-state index contributed by atoms with van der Waals surface area (Å²) in [5, 5.41) is 7.86. The minimum atomic E-state index is 0.665. The van der Waals surface area contributed by atoms with Crippen molar-refractivity contribution in [1.29, 1.82) is 0 Å². The summed E-state index contributed by atoms with van der Waals surface area (Å²) in [6.45, 7) is 0. The molecule has 13 rings (SSSR count). The molecule has 13 aromatic rings. The molecule has 0 fully saturated rings. The number of aromatic nitrogens is 4. The van der Waals surface area contributed by atoms with E-state index in [0.29, 0.717) is 5.82 Å². The molecule has 0 radical (unpaired) electrons. The molecule has 0 amide bonds. The third-order valence-electron chi connectivity index (χ3n) is 12.6. The Morgan fingerprint density at radius 2 is 0.906 bits per heavy atom. The Morgan fingerprint density at radius 1 is 0.344 bits per heavy atom. The van der Waals surface area contributed by atoms with Gasteiger partial charge in [0, 0.05) is 71.2 Å². The molecule has 0 saturated carbocycles. The number of hydrogen-bond donors (Lipinski definition) is 0. The second-order valence-electron chi connectivity index (χ2n) is 16.3. The Morgan fingerprint density at radius 3 is 1.64 bits per heavy atom. The lowest BCUT2D eigenvalue weighted by atomic mass is 9.89. The Hall–Kier alpha value is -8.67. The van der Waals surface area contributed by atoms with Gasteiger partial charge in [-0.1, -0.05) is 164 Å². The van der Waals surface area contributed by atoms with E-state index < -0.39 is 0 Å². The van der Waals surface area contributed by atoms with Gasteiger partial charge < -0.3 is 8.98 Å². The van der Waals surface area contributed by atoms with Crippen LogP contribution in [0.5, 0.6) is 0 Å². The molecule has 0 atom stereocenters. The van der Waals surface area contributed by atoms with Gasteiger partial charge in [-0.05, 0) is 60.2 Å². The summed E-state index contributed by atoms with van der Waals surface area (Å²) >= 11 is 0. The molecular formula is C59H36N4O. The topological polar surface area (TPSA) is 56.7 Å². The number of rotatable bonds is 6. The number of nitrogens with zero attached hydrogens (tertiary/aromatic N) is 4. The Bertz CT molecular complexity index is 3910. The van der Waals surface area contributed by atoms with Crippen molar-refractivity contribution in [2.24, 2.45) is 0 Å². The van der Waals surface area contributed by atoms with E-state index in [1.807, 2.05) is 30.3 Å². The third kappa shape index (κ3) is 5.75. The van der Waals surface area contributed by atoms with E-state index in [9.17, 15) is 0 Å². The number of furan rings is 1. The average Bonchev–Trinajstić information content (AvgIpc) is 3.91. The Balaban J connectivity index is 1.05. The molecule has 0 unspecified atom stereocenters. The first-order chi connectivity index (χ1) is 31.7. The minimum absolute atomic E-state index is 0.665. The fourth-order valence-electron chi connectivity index (χ4n) is 9.72. The van der Waals surface area contributed by atoms with Crippen LogP contribution >= 0.6 is 0 Å². The Labute approximate surface area is 368 Å². The van der Waals surface area contributed by atoms with Crippen LogP contribution in [0.15, 0.2) is 223 Å². The molecule has 64 heavy (non-hydrogen) atoms. The molecule has 0 aliphatic heterocycles. The van der Waals surface area contributed by atoms with Crippen molar-refractivity contribution in [3.63, 3.8) is 0 Å². The van der Waals surface area contributed by atoms with Gasteiger partial charge in [0.25, 0.3) is 0 Å². The van der Waals surface area contributed by atoms with Gasteiger partial charge in [-0.25, -0.2) is 15.0 Å². The van der Waals surface area contributed by atoms with E-state index in [-0.39, 0.29) is 0 Å². The minimum Gasteiger partial charge on any atom is -0.456 e. The Kier molecular flexibility index (Phi) is 8.15. The van der Waals surface area contributed by atoms with Crippen LogP contribution in [-0.2, 0) is 0 Å². The maximum Gasteiger partial charge on any atom is 0.160 e. The molecule has 4 aromatic heterocycles. The van der Waals surface area contributed by atoms with Crippen molar-refractivity contribution in [3.8, 4) is 62.0 Å². The molecular weight excluding hydrogens is 781 g/mol. The van der Waals surface area contributed by atoms with E-state index in [2.05, 4.69) is 193 Å². The molecule has 0 aliphatic carbocycles. The highest BCUT2D eigenvalue weighted by atomic mass is 16.3. The van der Waals surface area contributed by atoms with Gasteiger partial charge in [-0.15, -0.1) is 0 Å². The maximum atomic E-state index is 6.70. The van der Waals surface area contributed by atoms with Crippen molar-refractivity contribution in [2.75, 3.05) is 0 Å². The first kappa shape index (κ1) is 36.0. The van der Waals surface area contributed by atoms with Gasteiger partial charge in [-0.3, -0.25) is 0 Å². The van der Waals surface area contributed by atoms with Gasteiger partial charge in [0.15, 0.2) is 5.82 Å². The smallest absolute Gasteiger partial charge is 0.160 e. The van der Waals surface area contributed by atoms with Gasteiger partial charge >= 0.3 is 0 Å². The quantitative estimate of drug-likeness (QED) is 0.157. The zero-order valence-corrected chi connectivity index (χ0v) is 34.5. The fourth-order valence-corrected chi connectivity index (χ4v) is 9.72. The number of benzene rings is 9. The van der Waals surface area contributed by atoms with Crippen molar-refractivity contribution in [2.45, 2.75) is 0 Å². The van der Waals surface area contributed by atoms with Gasteiger partial charge in [0.2, 0.25) is 0 Å². The zero-order chi connectivity index (χ0) is 42.1. The van der Waals surface area contributed by atoms with Crippen molar-refractivity contribution in [1.82, 2.24) is 19.5 Å². The molecule has 0 N–H and O–H groups in total. The number of hydrogen-bond acceptors (Lipinski definition) is 4. The summed E-state index contributed by atoms with van der Waals surface area (Å²) in [4.78, 5) is 15.9. The molecule has 0 spiro atoms. The molecule has 0 saturated heterocycles. The number of para-hydroxylation sites is 4. The van der Waals surface area contributed by atoms with E-state index in [1.165, 1.54) is 21.8 Å². The summed E-state index contributed by atoms with van der Waals surface area (Å²) in [6, 6.07) is 76.6. The van der Waals surface area contributed by atoms with Crippen LogP contribution < -0.4 is 0 Å². The van der Waals surface area contributed by atoms with Crippen LogP contribution in [0, 0.1) is 0 Å². The van der Waals surface area contributed by atoms with Crippen LogP contribution in [0.4, 0.5) is 0 Å². The summed E-state index contributed by atoms with van der Waals surface area (Å²) in [5.74, 6) is 0.665. The van der Waals surface area contributed by atoms with Gasteiger partial charge in [0.1, 0.15) is 11.2 Å². The third-order valence-corrected chi connectivity index (χ3v) is 12.6. The summed E-state index contributed by atoms with van der Waals surface area (Å²) in [7, 11) is 0. The first-order valence-electron chi connectivity index (χ1n) is 21.6. The van der Waals surface area contributed by atoms with E-state index in [4.69, 9.17) is 19.4 Å². The predicted molar refractivity (Wildman–Crippen MR) is 264 cm³/mol. The van der Waals surface area contributed by atoms with Crippen LogP contribution in [0.25, 0.3) is 127 Å². The molecule has 5 heteroatoms. The standard InChI is InChI=1S/C59H36N4O/c1-3-17-37(18-4-1)58-47-35-54-57(46-28-10-14-32-53(46)64-54)55(56(47)45-27-7-11-29-48(45)60-58)41-23-15-21-39(33-41)49-36-50(62-59(61-49)38-19-5-2-6-20-38)40-22-16-24-42(34-40)63-51-30-12-8-25-43(51)44-26-9-13-31-52(44)63/h1-36H. The lowest BCUT2D eigenvalue weighted by Crippen LogP contribution is -1.98. The highest BCUT2D eigenvalue weighted by Crippen LogP contribution is 2.47. The summed E-state index contributed by atoms with van der Waals surface area (Å²) in [6.07, 6.45) is 0. The second-order valence-corrected chi connectivity index (χ2v) is 16.3. The lowest BCUT2D eigenvalue weighted by molar-refractivity contribution is 0.669. The van der Waals surface area contributed by atoms with E-state index in [1.54, 1.807) is 0 Å². The zero-order valence-electron chi connectivity index (χ0n) is 34.5. The van der Waals surface area contributed by atoms with E-state index in [0.717, 1.165) is 99.8 Å². The largest absolute Gasteiger partial charge is 0.456 e. The molecule has 0 aliphatic rings. The molecule has 0 bridgehead atoms. The van der Waals surface area contributed by atoms with Gasteiger partial charge in [-0.2, -0.15) is 0 Å². The molecule has 9 aromatic carbocycles. The number of fused-ring (bicyclic) bond motifs is 9. The number of pyridine rings is 1. The average molecular weight is 817 g/mol. The summed E-state index contributed by atoms with van der Waals surface area (Å²) < 4.78 is 9.06. The first-order valence-corrected chi connectivity index (χ1v) is 21.6. The van der Waals surface area contributed by atoms with E-state index >= 15 is 0 Å². The summed E-state index contributed by atoms with van der Waals surface area (Å²) in [5.41, 5.74) is 14.8. The SMILES string of the molecule is c1ccc(-c2nc(-c3cccc(-c4c5c(cc6c(-c7ccccc7)nc7ccccc7c46)oc4ccccc45)c3)cc(-c3cccc(-n4c5ccccc5c5ccccc54)c3)n2)cc1. The van der Waals surface area contributed by atoms with Gasteiger partial charge in [0.05, 0.1) is 33.6 Å². The molecule has 5 nitrogen and oxygen atoms in total. The maximum absolute atomic E-state index is 6.70. The van der Waals surface area contributed by atoms with Crippen LogP contribution in [0.2, 0.25) is 0 Å². The second kappa shape index (κ2) is 14.5. The highest BCUT2D eigenvalue weighted by molar-refractivity contribution is 6.28. The normalized spacial score (nSPS) is 11.8. The van der Waals surface area contributed by atoms with Crippen molar-refractivity contribution in [3.05, 3.63) is 218 Å². The van der Waals surface area contributed by atoms with Crippen LogP contribution in [0.1, 0.15) is 0 Å². The molecule has 298 valence electrons. The van der Waals surface area contributed by atoms with Crippen molar-refractivity contribution < 1.29 is 4.42 Å². The predicted octanol–water partition coefficient (Wildman–Crippen LogP) is 15.5. The monoisotopic (exact) mass is 816 g/mol. The van der Waals surface area contributed by atoms with Crippen LogP contribution in [0.3, 0.4) is 0 Å².